The second-order valence-electron chi connectivity index (χ2n) is 4.96. The highest BCUT2D eigenvalue weighted by Crippen LogP contribution is 2.11. The molecule has 1 unspecified atom stereocenters. The zero-order chi connectivity index (χ0) is 13.3. The number of nitrogens with one attached hydrogen (secondary N) is 1. The summed E-state index contributed by atoms with van der Waals surface area (Å²) in [5.41, 5.74) is 0. The summed E-state index contributed by atoms with van der Waals surface area (Å²) in [6, 6.07) is 4.08. The first-order valence-electron chi connectivity index (χ1n) is 7.36. The first-order chi connectivity index (χ1) is 9.38. The van der Waals surface area contributed by atoms with Crippen molar-refractivity contribution in [2.45, 2.75) is 45.3 Å². The van der Waals surface area contributed by atoms with Gasteiger partial charge in [0, 0.05) is 19.6 Å². The predicted octanol–water partition coefficient (Wildman–Crippen LogP) is 2.52. The maximum Gasteiger partial charge on any atom is 0.117 e. The van der Waals surface area contributed by atoms with Gasteiger partial charge in [0.05, 0.1) is 19.3 Å². The number of ether oxygens (including phenoxy) is 2. The zero-order valence-corrected chi connectivity index (χ0v) is 11.8. The molecule has 1 fully saturated rings. The van der Waals surface area contributed by atoms with E-state index in [9.17, 15) is 0 Å². The standard InChI is InChI=1S/C15H25NO3/c1-2-13-6-7-14(19-13)11-16-8-4-9-17-12-15-5-3-10-18-15/h6-7,15-16H,2-5,8-12H2,1H3. The topological polar surface area (TPSA) is 43.6 Å². The molecule has 1 aliphatic heterocycles. The van der Waals surface area contributed by atoms with E-state index in [0.717, 1.165) is 63.7 Å². The molecule has 0 aliphatic carbocycles. The van der Waals surface area contributed by atoms with Gasteiger partial charge in [0.25, 0.3) is 0 Å². The molecule has 0 amide bonds. The van der Waals surface area contributed by atoms with E-state index < -0.39 is 0 Å². The number of furan rings is 1. The van der Waals surface area contributed by atoms with E-state index >= 15 is 0 Å². The number of hydrogen-bond donors (Lipinski definition) is 1. The van der Waals surface area contributed by atoms with Crippen molar-refractivity contribution in [2.24, 2.45) is 0 Å². The Morgan fingerprint density at radius 2 is 2.26 bits per heavy atom. The van der Waals surface area contributed by atoms with Crippen LogP contribution in [-0.2, 0) is 22.4 Å². The van der Waals surface area contributed by atoms with Crippen LogP contribution in [-0.4, -0.2) is 32.5 Å². The first-order valence-corrected chi connectivity index (χ1v) is 7.36. The summed E-state index contributed by atoms with van der Waals surface area (Å²) in [4.78, 5) is 0. The third-order valence-corrected chi connectivity index (χ3v) is 3.33. The molecule has 0 saturated carbocycles. The zero-order valence-electron chi connectivity index (χ0n) is 11.8. The van der Waals surface area contributed by atoms with Crippen molar-refractivity contribution in [2.75, 3.05) is 26.4 Å². The van der Waals surface area contributed by atoms with Crippen LogP contribution in [0.15, 0.2) is 16.5 Å². The fourth-order valence-electron chi connectivity index (χ4n) is 2.21. The second-order valence-corrected chi connectivity index (χ2v) is 4.96. The van der Waals surface area contributed by atoms with Crippen molar-refractivity contribution in [3.63, 3.8) is 0 Å². The number of aryl methyl sites for hydroxylation is 1. The lowest BCUT2D eigenvalue weighted by Crippen LogP contribution is -2.18. The Balaban J connectivity index is 1.43. The van der Waals surface area contributed by atoms with Crippen molar-refractivity contribution in [3.8, 4) is 0 Å². The molecule has 108 valence electrons. The van der Waals surface area contributed by atoms with Crippen LogP contribution in [0.4, 0.5) is 0 Å². The first kappa shape index (κ1) is 14.6. The fourth-order valence-corrected chi connectivity index (χ4v) is 2.21. The lowest BCUT2D eigenvalue weighted by Gasteiger charge is -2.10. The maximum atomic E-state index is 5.62. The van der Waals surface area contributed by atoms with Gasteiger partial charge in [0.2, 0.25) is 0 Å². The van der Waals surface area contributed by atoms with Gasteiger partial charge in [0.15, 0.2) is 0 Å². The number of hydrogen-bond acceptors (Lipinski definition) is 4. The minimum Gasteiger partial charge on any atom is -0.465 e. The van der Waals surface area contributed by atoms with E-state index in [1.54, 1.807) is 0 Å². The van der Waals surface area contributed by atoms with Gasteiger partial charge in [-0.15, -0.1) is 0 Å². The van der Waals surface area contributed by atoms with Crippen LogP contribution in [0.2, 0.25) is 0 Å². The molecule has 1 saturated heterocycles. The normalized spacial score (nSPS) is 19.1. The quantitative estimate of drug-likeness (QED) is 0.698. The molecule has 0 bridgehead atoms. The van der Waals surface area contributed by atoms with Crippen molar-refractivity contribution in [1.82, 2.24) is 5.32 Å². The number of rotatable bonds is 9. The van der Waals surface area contributed by atoms with Gasteiger partial charge in [-0.25, -0.2) is 0 Å². The third kappa shape index (κ3) is 5.35. The van der Waals surface area contributed by atoms with Crippen LogP contribution in [0.25, 0.3) is 0 Å². The van der Waals surface area contributed by atoms with Gasteiger partial charge in [-0.2, -0.15) is 0 Å². The molecule has 2 rings (SSSR count). The summed E-state index contributed by atoms with van der Waals surface area (Å²) in [6.07, 6.45) is 4.64. The molecule has 2 heterocycles. The third-order valence-electron chi connectivity index (χ3n) is 3.33. The van der Waals surface area contributed by atoms with Gasteiger partial charge in [0.1, 0.15) is 11.5 Å². The molecule has 4 heteroatoms. The Morgan fingerprint density at radius 1 is 1.37 bits per heavy atom. The van der Waals surface area contributed by atoms with E-state index in [-0.39, 0.29) is 0 Å². The van der Waals surface area contributed by atoms with Gasteiger partial charge < -0.3 is 19.2 Å². The average Bonchev–Trinajstić information content (AvgIpc) is 3.08. The monoisotopic (exact) mass is 267 g/mol. The SMILES string of the molecule is CCc1ccc(CNCCCOCC2CCCO2)o1. The molecule has 1 N–H and O–H groups in total. The Bertz CT molecular complexity index is 345. The summed E-state index contributed by atoms with van der Waals surface area (Å²) in [5.74, 6) is 2.06. The molecule has 1 aliphatic rings. The molecule has 4 nitrogen and oxygen atoms in total. The molecular weight excluding hydrogens is 242 g/mol. The lowest BCUT2D eigenvalue weighted by molar-refractivity contribution is 0.0166. The van der Waals surface area contributed by atoms with Crippen LogP contribution in [0.5, 0.6) is 0 Å². The van der Waals surface area contributed by atoms with Crippen molar-refractivity contribution in [1.29, 1.82) is 0 Å². The van der Waals surface area contributed by atoms with E-state index in [1.165, 1.54) is 6.42 Å². The smallest absolute Gasteiger partial charge is 0.117 e. The predicted molar refractivity (Wildman–Crippen MR) is 74.2 cm³/mol. The molecule has 1 aromatic heterocycles. The molecule has 0 radical (unpaired) electrons. The maximum absolute atomic E-state index is 5.62. The van der Waals surface area contributed by atoms with Crippen LogP contribution in [0.3, 0.4) is 0 Å². The van der Waals surface area contributed by atoms with Crippen LogP contribution < -0.4 is 5.32 Å². The largest absolute Gasteiger partial charge is 0.465 e. The minimum absolute atomic E-state index is 0.337. The van der Waals surface area contributed by atoms with E-state index in [2.05, 4.69) is 12.2 Å². The molecule has 1 aromatic rings. The Kier molecular flexibility index (Phi) is 6.41. The van der Waals surface area contributed by atoms with Crippen molar-refractivity contribution < 1.29 is 13.9 Å². The van der Waals surface area contributed by atoms with Crippen LogP contribution in [0, 0.1) is 0 Å². The Morgan fingerprint density at radius 3 is 3.00 bits per heavy atom. The second kappa shape index (κ2) is 8.35. The minimum atomic E-state index is 0.337. The lowest BCUT2D eigenvalue weighted by atomic mass is 10.2. The van der Waals surface area contributed by atoms with E-state index in [4.69, 9.17) is 13.9 Å². The summed E-state index contributed by atoms with van der Waals surface area (Å²) in [6.45, 7) is 6.29. The molecular formula is C15H25NO3. The average molecular weight is 267 g/mol. The highest BCUT2D eigenvalue weighted by atomic mass is 16.5. The molecule has 0 spiro atoms. The molecule has 1 atom stereocenters. The summed E-state index contributed by atoms with van der Waals surface area (Å²) >= 11 is 0. The van der Waals surface area contributed by atoms with Gasteiger partial charge in [-0.1, -0.05) is 6.92 Å². The molecule has 0 aromatic carbocycles. The van der Waals surface area contributed by atoms with E-state index in [1.807, 2.05) is 12.1 Å². The van der Waals surface area contributed by atoms with E-state index in [0.29, 0.717) is 6.10 Å². The van der Waals surface area contributed by atoms with Crippen molar-refractivity contribution >= 4 is 0 Å². The summed E-state index contributed by atoms with van der Waals surface area (Å²) in [5, 5.41) is 3.36. The Labute approximate surface area is 115 Å². The van der Waals surface area contributed by atoms with Crippen LogP contribution >= 0.6 is 0 Å². The molecule has 19 heavy (non-hydrogen) atoms. The Hall–Kier alpha value is -0.840. The summed E-state index contributed by atoms with van der Waals surface area (Å²) < 4.78 is 16.7. The highest BCUT2D eigenvalue weighted by molar-refractivity contribution is 5.06. The van der Waals surface area contributed by atoms with Gasteiger partial charge in [-0.3, -0.25) is 0 Å². The summed E-state index contributed by atoms with van der Waals surface area (Å²) in [7, 11) is 0. The fraction of sp³-hybridized carbons (Fsp3) is 0.733. The van der Waals surface area contributed by atoms with Crippen LogP contribution in [0.1, 0.15) is 37.7 Å². The van der Waals surface area contributed by atoms with Gasteiger partial charge in [-0.05, 0) is 37.9 Å². The highest BCUT2D eigenvalue weighted by Gasteiger charge is 2.14. The van der Waals surface area contributed by atoms with Gasteiger partial charge >= 0.3 is 0 Å². The van der Waals surface area contributed by atoms with Crippen molar-refractivity contribution in [3.05, 3.63) is 23.7 Å².